The molecule has 2 aromatic rings. The van der Waals surface area contributed by atoms with Crippen molar-refractivity contribution in [2.24, 2.45) is 0 Å². The molecule has 0 bridgehead atoms. The lowest BCUT2D eigenvalue weighted by Gasteiger charge is -2.34. The van der Waals surface area contributed by atoms with Crippen LogP contribution in [0.1, 0.15) is 24.4 Å². The van der Waals surface area contributed by atoms with Gasteiger partial charge in [0.2, 0.25) is 0 Å². The van der Waals surface area contributed by atoms with Crippen LogP contribution < -0.4 is 10.5 Å². The van der Waals surface area contributed by atoms with Crippen molar-refractivity contribution in [2.45, 2.75) is 26.1 Å². The van der Waals surface area contributed by atoms with Gasteiger partial charge in [0.15, 0.2) is 5.76 Å². The maximum Gasteiger partial charge on any atom is 0.289 e. The average Bonchev–Trinajstić information content (AvgIpc) is 3.02. The van der Waals surface area contributed by atoms with Crippen LogP contribution in [0.3, 0.4) is 0 Å². The van der Waals surface area contributed by atoms with E-state index in [9.17, 15) is 4.79 Å². The van der Waals surface area contributed by atoms with Crippen molar-refractivity contribution >= 4 is 11.6 Å². The number of furan rings is 1. The zero-order valence-electron chi connectivity index (χ0n) is 14.1. The molecule has 1 saturated heterocycles. The first-order valence-electron chi connectivity index (χ1n) is 7.96. The number of amides is 1. The Balaban J connectivity index is 1.84. The number of carbonyl (C=O) groups excluding carboxylic acids is 1. The average molecular weight is 330 g/mol. The number of nitrogens with zero attached hydrogens (tertiary/aromatic N) is 1. The van der Waals surface area contributed by atoms with Crippen LogP contribution in [0.2, 0.25) is 0 Å². The van der Waals surface area contributed by atoms with Crippen molar-refractivity contribution in [2.75, 3.05) is 25.9 Å². The van der Waals surface area contributed by atoms with Gasteiger partial charge >= 0.3 is 0 Å². The molecular formula is C18H22N2O4. The first-order valence-corrected chi connectivity index (χ1v) is 7.96. The molecule has 0 aliphatic carbocycles. The highest BCUT2D eigenvalue weighted by Crippen LogP contribution is 2.33. The molecule has 128 valence electrons. The topological polar surface area (TPSA) is 77.9 Å². The third-order valence-corrected chi connectivity index (χ3v) is 4.01. The molecule has 2 unspecified atom stereocenters. The Kier molecular flexibility index (Phi) is 4.49. The number of ether oxygens (including phenoxy) is 2. The molecule has 6 nitrogen and oxygen atoms in total. The van der Waals surface area contributed by atoms with Gasteiger partial charge in [-0.2, -0.15) is 0 Å². The van der Waals surface area contributed by atoms with Gasteiger partial charge in [0, 0.05) is 24.8 Å². The Morgan fingerprint density at radius 1 is 1.21 bits per heavy atom. The summed E-state index contributed by atoms with van der Waals surface area (Å²) in [6.07, 6.45) is 0.0358. The lowest BCUT2D eigenvalue weighted by Crippen LogP contribution is -2.48. The summed E-state index contributed by atoms with van der Waals surface area (Å²) >= 11 is 0. The fraction of sp³-hybridized carbons (Fsp3) is 0.389. The number of hydrogen-bond acceptors (Lipinski definition) is 5. The van der Waals surface area contributed by atoms with Gasteiger partial charge in [-0.15, -0.1) is 0 Å². The second-order valence-corrected chi connectivity index (χ2v) is 6.09. The number of methoxy groups -OCH3 is 1. The van der Waals surface area contributed by atoms with Crippen LogP contribution in [0.4, 0.5) is 5.69 Å². The molecule has 24 heavy (non-hydrogen) atoms. The molecule has 1 aliphatic rings. The molecule has 2 atom stereocenters. The molecule has 2 heterocycles. The first-order chi connectivity index (χ1) is 11.5. The van der Waals surface area contributed by atoms with Crippen LogP contribution >= 0.6 is 0 Å². The van der Waals surface area contributed by atoms with Crippen LogP contribution in [0.15, 0.2) is 34.7 Å². The van der Waals surface area contributed by atoms with Crippen molar-refractivity contribution < 1.29 is 18.7 Å². The Hall–Kier alpha value is -2.47. The molecule has 2 N–H and O–H groups in total. The largest absolute Gasteiger partial charge is 0.496 e. The summed E-state index contributed by atoms with van der Waals surface area (Å²) in [6, 6.07) is 8.78. The molecule has 0 saturated carbocycles. The Labute approximate surface area is 141 Å². The number of anilines is 1. The van der Waals surface area contributed by atoms with Crippen LogP contribution in [0, 0.1) is 0 Å². The van der Waals surface area contributed by atoms with Crippen molar-refractivity contribution in [3.05, 3.63) is 36.1 Å². The fourth-order valence-electron chi connectivity index (χ4n) is 3.01. The highest BCUT2D eigenvalue weighted by Gasteiger charge is 2.28. The van der Waals surface area contributed by atoms with E-state index in [4.69, 9.17) is 19.6 Å². The standard InChI is InChI=1S/C18H22N2O4/c1-11-9-20(10-12(2)23-11)18(21)16-7-6-15(24-16)14-5-4-13(19)8-17(14)22-3/h4-8,11-12H,9-10,19H2,1-3H3. The number of carbonyl (C=O) groups is 1. The Morgan fingerprint density at radius 3 is 2.58 bits per heavy atom. The molecule has 1 aliphatic heterocycles. The zero-order chi connectivity index (χ0) is 17.3. The molecule has 1 aromatic heterocycles. The van der Waals surface area contributed by atoms with Gasteiger partial charge in [-0.1, -0.05) is 0 Å². The number of morpholine rings is 1. The fourth-order valence-corrected chi connectivity index (χ4v) is 3.01. The van der Waals surface area contributed by atoms with Crippen LogP contribution in [0.25, 0.3) is 11.3 Å². The molecule has 1 aromatic carbocycles. The maximum atomic E-state index is 12.7. The minimum Gasteiger partial charge on any atom is -0.496 e. The number of benzene rings is 1. The highest BCUT2D eigenvalue weighted by molar-refractivity contribution is 5.92. The second-order valence-electron chi connectivity index (χ2n) is 6.09. The summed E-state index contributed by atoms with van der Waals surface area (Å²) in [5.41, 5.74) is 7.14. The van der Waals surface area contributed by atoms with Crippen LogP contribution in [-0.4, -0.2) is 43.2 Å². The summed E-state index contributed by atoms with van der Waals surface area (Å²) in [5.74, 6) is 1.37. The molecule has 1 fully saturated rings. The smallest absolute Gasteiger partial charge is 0.289 e. The van der Waals surface area contributed by atoms with Gasteiger partial charge in [0.05, 0.1) is 24.9 Å². The normalized spacial score (nSPS) is 20.9. The quantitative estimate of drug-likeness (QED) is 0.876. The highest BCUT2D eigenvalue weighted by atomic mass is 16.5. The van der Waals surface area contributed by atoms with Crippen molar-refractivity contribution in [1.82, 2.24) is 4.90 Å². The lowest BCUT2D eigenvalue weighted by molar-refractivity contribution is -0.0592. The molecule has 1 amide bonds. The zero-order valence-corrected chi connectivity index (χ0v) is 14.1. The van der Waals surface area contributed by atoms with E-state index in [2.05, 4.69) is 0 Å². The summed E-state index contributed by atoms with van der Waals surface area (Å²) in [6.45, 7) is 5.04. The predicted octanol–water partition coefficient (Wildman–Crippen LogP) is 2.79. The number of nitrogen functional groups attached to an aromatic ring is 1. The molecule has 0 radical (unpaired) electrons. The SMILES string of the molecule is COc1cc(N)ccc1-c1ccc(C(=O)N2CC(C)OC(C)C2)o1. The van der Waals surface area contributed by atoms with E-state index < -0.39 is 0 Å². The third-order valence-electron chi connectivity index (χ3n) is 4.01. The summed E-state index contributed by atoms with van der Waals surface area (Å²) in [4.78, 5) is 14.4. The summed E-state index contributed by atoms with van der Waals surface area (Å²) < 4.78 is 16.8. The minimum absolute atomic E-state index is 0.0179. The second kappa shape index (κ2) is 6.57. The monoisotopic (exact) mass is 330 g/mol. The van der Waals surface area contributed by atoms with Crippen molar-refractivity contribution in [1.29, 1.82) is 0 Å². The van der Waals surface area contributed by atoms with Gasteiger partial charge in [0.1, 0.15) is 11.5 Å². The molecule has 0 spiro atoms. The van der Waals surface area contributed by atoms with Crippen molar-refractivity contribution in [3.8, 4) is 17.1 Å². The Morgan fingerprint density at radius 2 is 1.92 bits per heavy atom. The van der Waals surface area contributed by atoms with E-state index >= 15 is 0 Å². The van der Waals surface area contributed by atoms with Crippen molar-refractivity contribution in [3.63, 3.8) is 0 Å². The van der Waals surface area contributed by atoms with Crippen LogP contribution in [-0.2, 0) is 4.74 Å². The van der Waals surface area contributed by atoms with Gasteiger partial charge < -0.3 is 24.5 Å². The summed E-state index contributed by atoms with van der Waals surface area (Å²) in [5, 5.41) is 0. The van der Waals surface area contributed by atoms with Gasteiger partial charge in [-0.05, 0) is 38.1 Å². The maximum absolute atomic E-state index is 12.7. The van der Waals surface area contributed by atoms with E-state index in [1.807, 2.05) is 19.9 Å². The van der Waals surface area contributed by atoms with E-state index in [0.29, 0.717) is 36.0 Å². The van der Waals surface area contributed by atoms with E-state index in [1.54, 1.807) is 36.3 Å². The van der Waals surface area contributed by atoms with E-state index in [1.165, 1.54) is 0 Å². The van der Waals surface area contributed by atoms with Gasteiger partial charge in [-0.3, -0.25) is 4.79 Å². The Bertz CT molecular complexity index is 730. The van der Waals surface area contributed by atoms with Gasteiger partial charge in [-0.25, -0.2) is 0 Å². The molecular weight excluding hydrogens is 308 g/mol. The minimum atomic E-state index is -0.127. The van der Waals surface area contributed by atoms with Crippen LogP contribution in [0.5, 0.6) is 5.75 Å². The van der Waals surface area contributed by atoms with E-state index in [0.717, 1.165) is 5.56 Å². The number of hydrogen-bond donors (Lipinski definition) is 1. The predicted molar refractivity (Wildman–Crippen MR) is 91.0 cm³/mol. The first kappa shape index (κ1) is 16.4. The number of nitrogens with two attached hydrogens (primary N) is 1. The summed E-state index contributed by atoms with van der Waals surface area (Å²) in [7, 11) is 1.57. The van der Waals surface area contributed by atoms with Gasteiger partial charge in [0.25, 0.3) is 5.91 Å². The number of rotatable bonds is 3. The van der Waals surface area contributed by atoms with E-state index in [-0.39, 0.29) is 18.1 Å². The third kappa shape index (κ3) is 3.23. The lowest BCUT2D eigenvalue weighted by atomic mass is 10.1. The molecule has 6 heteroatoms. The molecule has 3 rings (SSSR count).